The van der Waals surface area contributed by atoms with Crippen LogP contribution in [0.3, 0.4) is 0 Å². The Balaban J connectivity index is 1.27. The van der Waals surface area contributed by atoms with Gasteiger partial charge in [-0.1, -0.05) is 29.4 Å². The van der Waals surface area contributed by atoms with Crippen LogP contribution in [0.15, 0.2) is 51.5 Å². The van der Waals surface area contributed by atoms with Gasteiger partial charge in [0, 0.05) is 36.6 Å². The number of halogens is 1. The number of carbonyl (C=O) groups is 1. The van der Waals surface area contributed by atoms with Crippen LogP contribution in [-0.2, 0) is 10.5 Å². The largest absolute Gasteiger partial charge is 0.461 e. The van der Waals surface area contributed by atoms with Crippen molar-refractivity contribution in [1.82, 2.24) is 30.0 Å². The van der Waals surface area contributed by atoms with Gasteiger partial charge in [-0.2, -0.15) is 0 Å². The Morgan fingerprint density at radius 1 is 1.25 bits per heavy atom. The number of amides is 1. The highest BCUT2D eigenvalue weighted by Crippen LogP contribution is 2.32. The van der Waals surface area contributed by atoms with Crippen LogP contribution in [0.1, 0.15) is 21.1 Å². The van der Waals surface area contributed by atoms with E-state index >= 15 is 0 Å². The number of carbonyl (C=O) groups excluding carboxylic acids is 1. The lowest BCUT2D eigenvalue weighted by molar-refractivity contribution is 0.0383. The summed E-state index contributed by atoms with van der Waals surface area (Å²) in [7, 11) is 0. The number of morpholine rings is 1. The summed E-state index contributed by atoms with van der Waals surface area (Å²) in [6, 6.07) is 9.37. The fourth-order valence-electron chi connectivity index (χ4n) is 3.82. The fourth-order valence-corrected chi connectivity index (χ4v) is 5.72. The number of benzene rings is 1. The number of thiazole rings is 1. The molecule has 5 rings (SSSR count). The molecule has 4 heterocycles. The molecule has 1 saturated heterocycles. The first-order valence-corrected chi connectivity index (χ1v) is 13.7. The third-order valence-electron chi connectivity index (χ3n) is 5.71. The lowest BCUT2D eigenvalue weighted by Gasteiger charge is -2.26. The van der Waals surface area contributed by atoms with Gasteiger partial charge in [0.1, 0.15) is 10.7 Å². The first-order valence-electron chi connectivity index (χ1n) is 11.5. The van der Waals surface area contributed by atoms with E-state index < -0.39 is 0 Å². The van der Waals surface area contributed by atoms with E-state index in [0.29, 0.717) is 39.8 Å². The van der Waals surface area contributed by atoms with E-state index in [2.05, 4.69) is 25.4 Å². The molecule has 12 heteroatoms. The molecule has 0 radical (unpaired) electrons. The van der Waals surface area contributed by atoms with Crippen molar-refractivity contribution in [2.45, 2.75) is 17.8 Å². The molecule has 1 N–H and O–H groups in total. The molecule has 0 aliphatic carbocycles. The summed E-state index contributed by atoms with van der Waals surface area (Å²) >= 11 is 9.26. The molecule has 1 aliphatic heterocycles. The van der Waals surface area contributed by atoms with E-state index in [4.69, 9.17) is 20.8 Å². The average Bonchev–Trinajstić information content (AvgIpc) is 3.65. The third kappa shape index (κ3) is 5.81. The summed E-state index contributed by atoms with van der Waals surface area (Å²) in [6.07, 6.45) is 1.61. The minimum absolute atomic E-state index is 0.159. The molecule has 9 nitrogen and oxygen atoms in total. The van der Waals surface area contributed by atoms with Gasteiger partial charge >= 0.3 is 0 Å². The summed E-state index contributed by atoms with van der Waals surface area (Å²) in [6.45, 7) is 6.68. The predicted molar refractivity (Wildman–Crippen MR) is 140 cm³/mol. The number of aromatic nitrogens is 4. The maximum absolute atomic E-state index is 12.6. The Morgan fingerprint density at radius 3 is 2.92 bits per heavy atom. The first-order chi connectivity index (χ1) is 17.6. The van der Waals surface area contributed by atoms with Crippen LogP contribution in [0, 0.1) is 6.92 Å². The smallest absolute Gasteiger partial charge is 0.270 e. The maximum Gasteiger partial charge on any atom is 0.270 e. The second kappa shape index (κ2) is 11.6. The van der Waals surface area contributed by atoms with E-state index in [0.717, 1.165) is 49.1 Å². The minimum Gasteiger partial charge on any atom is -0.461 e. The van der Waals surface area contributed by atoms with Gasteiger partial charge in [-0.15, -0.1) is 21.5 Å². The zero-order chi connectivity index (χ0) is 24.9. The molecule has 36 heavy (non-hydrogen) atoms. The van der Waals surface area contributed by atoms with Crippen LogP contribution in [0.4, 0.5) is 0 Å². The van der Waals surface area contributed by atoms with Crippen LogP contribution in [0.25, 0.3) is 17.3 Å². The van der Waals surface area contributed by atoms with Crippen molar-refractivity contribution in [3.63, 3.8) is 0 Å². The van der Waals surface area contributed by atoms with E-state index in [-0.39, 0.29) is 5.91 Å². The molecule has 0 saturated carbocycles. The van der Waals surface area contributed by atoms with E-state index in [1.165, 1.54) is 23.1 Å². The molecular formula is C24H25ClN6O3S2. The lowest BCUT2D eigenvalue weighted by Crippen LogP contribution is -2.41. The van der Waals surface area contributed by atoms with Gasteiger partial charge in [-0.05, 0) is 36.8 Å². The quantitative estimate of drug-likeness (QED) is 0.311. The SMILES string of the molecule is Cc1ccc(Cl)cc1-n1c(SCc2nc(C(=O)NCCN3CCOCC3)cs2)nnc1-c1ccco1. The van der Waals surface area contributed by atoms with Crippen molar-refractivity contribution in [1.29, 1.82) is 0 Å². The predicted octanol–water partition coefficient (Wildman–Crippen LogP) is 4.30. The molecule has 0 spiro atoms. The zero-order valence-electron chi connectivity index (χ0n) is 19.6. The Labute approximate surface area is 221 Å². The minimum atomic E-state index is -0.159. The summed E-state index contributed by atoms with van der Waals surface area (Å²) in [5.41, 5.74) is 2.33. The molecule has 4 aromatic rings. The van der Waals surface area contributed by atoms with Gasteiger partial charge in [0.15, 0.2) is 10.9 Å². The molecule has 3 aromatic heterocycles. The van der Waals surface area contributed by atoms with Crippen molar-refractivity contribution >= 4 is 40.6 Å². The summed E-state index contributed by atoms with van der Waals surface area (Å²) < 4.78 is 12.9. The van der Waals surface area contributed by atoms with Gasteiger partial charge in [-0.25, -0.2) is 4.98 Å². The van der Waals surface area contributed by atoms with Gasteiger partial charge in [0.2, 0.25) is 5.82 Å². The number of aryl methyl sites for hydroxylation is 1. The molecule has 0 atom stereocenters. The molecule has 1 aliphatic rings. The van der Waals surface area contributed by atoms with Gasteiger partial charge in [-0.3, -0.25) is 14.3 Å². The Kier molecular flexibility index (Phi) is 8.02. The van der Waals surface area contributed by atoms with Gasteiger partial charge < -0.3 is 14.5 Å². The number of ether oxygens (including phenoxy) is 1. The number of hydrogen-bond donors (Lipinski definition) is 1. The van der Waals surface area contributed by atoms with Crippen LogP contribution in [0.2, 0.25) is 5.02 Å². The average molecular weight is 545 g/mol. The number of nitrogens with zero attached hydrogens (tertiary/aromatic N) is 5. The van der Waals surface area contributed by atoms with Crippen molar-refractivity contribution in [3.8, 4) is 17.3 Å². The summed E-state index contributed by atoms with van der Waals surface area (Å²) in [5, 5.41) is 15.7. The summed E-state index contributed by atoms with van der Waals surface area (Å²) in [4.78, 5) is 19.4. The Hall–Kier alpha value is -2.70. The molecule has 0 unspecified atom stereocenters. The highest BCUT2D eigenvalue weighted by Gasteiger charge is 2.20. The lowest BCUT2D eigenvalue weighted by atomic mass is 10.2. The molecule has 1 fully saturated rings. The normalized spacial score (nSPS) is 14.3. The molecule has 0 bridgehead atoms. The topological polar surface area (TPSA) is 98.3 Å². The number of rotatable bonds is 9. The number of thioether (sulfide) groups is 1. The van der Waals surface area contributed by atoms with Crippen LogP contribution >= 0.6 is 34.7 Å². The molecule has 1 amide bonds. The summed E-state index contributed by atoms with van der Waals surface area (Å²) in [5.74, 6) is 1.58. The number of hydrogen-bond acceptors (Lipinski definition) is 9. The van der Waals surface area contributed by atoms with Crippen molar-refractivity contribution in [2.24, 2.45) is 0 Å². The van der Waals surface area contributed by atoms with E-state index in [9.17, 15) is 4.79 Å². The second-order valence-electron chi connectivity index (χ2n) is 8.17. The highest BCUT2D eigenvalue weighted by molar-refractivity contribution is 7.98. The molecule has 1 aromatic carbocycles. The Morgan fingerprint density at radius 2 is 2.11 bits per heavy atom. The number of nitrogens with one attached hydrogen (secondary N) is 1. The maximum atomic E-state index is 12.6. The van der Waals surface area contributed by atoms with Gasteiger partial charge in [0.05, 0.1) is 30.9 Å². The number of furan rings is 1. The monoisotopic (exact) mass is 544 g/mol. The second-order valence-corrected chi connectivity index (χ2v) is 10.5. The van der Waals surface area contributed by atoms with Gasteiger partial charge in [0.25, 0.3) is 5.91 Å². The van der Waals surface area contributed by atoms with Crippen LogP contribution in [0.5, 0.6) is 0 Å². The van der Waals surface area contributed by atoms with Crippen molar-refractivity contribution in [2.75, 3.05) is 39.4 Å². The van der Waals surface area contributed by atoms with Crippen LogP contribution in [-0.4, -0.2) is 69.9 Å². The van der Waals surface area contributed by atoms with E-state index in [1.54, 1.807) is 11.6 Å². The zero-order valence-corrected chi connectivity index (χ0v) is 22.0. The van der Waals surface area contributed by atoms with Crippen LogP contribution < -0.4 is 5.32 Å². The Bertz CT molecular complexity index is 1320. The van der Waals surface area contributed by atoms with Crippen molar-refractivity contribution in [3.05, 3.63) is 63.3 Å². The fraction of sp³-hybridized carbons (Fsp3) is 0.333. The standard InChI is InChI=1S/C24H25ClN6O3S2/c1-16-4-5-17(25)13-19(16)31-22(20-3-2-10-34-20)28-29-24(31)36-15-21-27-18(14-35-21)23(32)26-6-7-30-8-11-33-12-9-30/h2-5,10,13-14H,6-9,11-12,15H2,1H3,(H,26,32). The van der Waals surface area contributed by atoms with Crippen molar-refractivity contribution < 1.29 is 13.9 Å². The first kappa shape index (κ1) is 25.0. The highest BCUT2D eigenvalue weighted by atomic mass is 35.5. The third-order valence-corrected chi connectivity index (χ3v) is 7.92. The van der Waals surface area contributed by atoms with E-state index in [1.807, 2.05) is 41.8 Å². The molecule has 188 valence electrons. The molecular weight excluding hydrogens is 520 g/mol.